The van der Waals surface area contributed by atoms with Crippen LogP contribution in [0.5, 0.6) is 0 Å². The van der Waals surface area contributed by atoms with E-state index in [0.717, 1.165) is 28.4 Å². The Morgan fingerprint density at radius 1 is 1.56 bits per heavy atom. The molecule has 0 bridgehead atoms. The lowest BCUT2D eigenvalue weighted by atomic mass is 9.95. The fraction of sp³-hybridized carbons (Fsp3) is 0.667. The van der Waals surface area contributed by atoms with E-state index in [-0.39, 0.29) is 6.42 Å². The highest BCUT2D eigenvalue weighted by atomic mass is 32.1. The van der Waals surface area contributed by atoms with Gasteiger partial charge in [0.25, 0.3) is 0 Å². The average molecular weight is 271 g/mol. The summed E-state index contributed by atoms with van der Waals surface area (Å²) >= 11 is 1.45. The molecule has 0 atom stereocenters. The quantitative estimate of drug-likeness (QED) is 0.903. The second-order valence-electron chi connectivity index (χ2n) is 4.41. The van der Waals surface area contributed by atoms with Crippen molar-refractivity contribution >= 4 is 17.3 Å². The molecular formula is C12H17NO4S. The van der Waals surface area contributed by atoms with Gasteiger partial charge in [0.1, 0.15) is 10.6 Å². The van der Waals surface area contributed by atoms with Gasteiger partial charge in [-0.3, -0.25) is 4.79 Å². The maximum absolute atomic E-state index is 10.8. The summed E-state index contributed by atoms with van der Waals surface area (Å²) in [4.78, 5) is 16.1. The molecule has 0 unspecified atom stereocenters. The lowest BCUT2D eigenvalue weighted by molar-refractivity contribution is -0.136. The van der Waals surface area contributed by atoms with Crippen molar-refractivity contribution < 1.29 is 19.4 Å². The van der Waals surface area contributed by atoms with Crippen LogP contribution in [0.1, 0.15) is 28.4 Å². The van der Waals surface area contributed by atoms with Crippen LogP contribution in [0.4, 0.5) is 0 Å². The summed E-state index contributed by atoms with van der Waals surface area (Å²) in [6.45, 7) is 3.16. The molecule has 1 saturated heterocycles. The molecule has 0 aliphatic carbocycles. The molecule has 1 aromatic rings. The highest BCUT2D eigenvalue weighted by molar-refractivity contribution is 7.12. The lowest BCUT2D eigenvalue weighted by Crippen LogP contribution is -2.35. The van der Waals surface area contributed by atoms with Crippen molar-refractivity contribution in [2.24, 2.45) is 0 Å². The number of methoxy groups -OCH3 is 1. The summed E-state index contributed by atoms with van der Waals surface area (Å²) in [5, 5.41) is 9.74. The van der Waals surface area contributed by atoms with E-state index >= 15 is 0 Å². The van der Waals surface area contributed by atoms with E-state index in [9.17, 15) is 4.79 Å². The van der Waals surface area contributed by atoms with Gasteiger partial charge < -0.3 is 14.6 Å². The third-order valence-electron chi connectivity index (χ3n) is 3.29. The zero-order valence-electron chi connectivity index (χ0n) is 10.6. The summed E-state index contributed by atoms with van der Waals surface area (Å²) in [5.41, 5.74) is 0.394. The Balaban J connectivity index is 2.28. The first-order valence-electron chi connectivity index (χ1n) is 5.89. The van der Waals surface area contributed by atoms with Crippen molar-refractivity contribution in [2.75, 3.05) is 20.3 Å². The molecule has 6 heteroatoms. The minimum atomic E-state index is -0.827. The van der Waals surface area contributed by atoms with Crippen molar-refractivity contribution in [1.29, 1.82) is 0 Å². The number of carboxylic acid groups (broad SMARTS) is 1. The number of aliphatic carboxylic acids is 1. The molecule has 1 N–H and O–H groups in total. The fourth-order valence-electron chi connectivity index (χ4n) is 2.13. The molecule has 0 spiro atoms. The topological polar surface area (TPSA) is 68.7 Å². The summed E-state index contributed by atoms with van der Waals surface area (Å²) in [7, 11) is 1.68. The standard InChI is InChI=1S/C12H17NO4S/c1-8-9(7-10(14)15)18-11(13-8)12(16-2)3-5-17-6-4-12/h3-7H2,1-2H3,(H,14,15). The Morgan fingerprint density at radius 3 is 2.78 bits per heavy atom. The molecule has 1 aliphatic heterocycles. The molecule has 2 heterocycles. The van der Waals surface area contributed by atoms with Gasteiger partial charge in [-0.2, -0.15) is 0 Å². The fourth-order valence-corrected chi connectivity index (χ4v) is 3.41. The second kappa shape index (κ2) is 5.34. The minimum absolute atomic E-state index is 0.0276. The number of ether oxygens (including phenoxy) is 2. The van der Waals surface area contributed by atoms with Gasteiger partial charge >= 0.3 is 5.97 Å². The predicted octanol–water partition coefficient (Wildman–Crippen LogP) is 1.73. The van der Waals surface area contributed by atoms with Gasteiger partial charge in [0.05, 0.1) is 12.1 Å². The number of rotatable bonds is 4. The highest BCUT2D eigenvalue weighted by Gasteiger charge is 2.38. The van der Waals surface area contributed by atoms with Gasteiger partial charge in [0, 0.05) is 38.0 Å². The van der Waals surface area contributed by atoms with E-state index < -0.39 is 11.6 Å². The Bertz CT molecular complexity index is 437. The smallest absolute Gasteiger partial charge is 0.308 e. The largest absolute Gasteiger partial charge is 0.481 e. The van der Waals surface area contributed by atoms with Crippen molar-refractivity contribution in [3.8, 4) is 0 Å². The molecule has 1 aliphatic rings. The summed E-state index contributed by atoms with van der Waals surface area (Å²) in [5.74, 6) is -0.827. The molecule has 1 fully saturated rings. The van der Waals surface area contributed by atoms with Crippen molar-refractivity contribution in [1.82, 2.24) is 4.98 Å². The molecule has 1 aromatic heterocycles. The van der Waals surface area contributed by atoms with E-state index in [1.54, 1.807) is 7.11 Å². The molecule has 2 rings (SSSR count). The van der Waals surface area contributed by atoms with Gasteiger partial charge in [0.2, 0.25) is 0 Å². The molecule has 0 aromatic carbocycles. The molecule has 0 amide bonds. The number of carbonyl (C=O) groups is 1. The molecule has 0 saturated carbocycles. The number of hydrogen-bond acceptors (Lipinski definition) is 5. The van der Waals surface area contributed by atoms with Crippen molar-refractivity contribution in [2.45, 2.75) is 31.8 Å². The lowest BCUT2D eigenvalue weighted by Gasteiger charge is -2.33. The van der Waals surface area contributed by atoms with E-state index in [0.29, 0.717) is 13.2 Å². The summed E-state index contributed by atoms with van der Waals surface area (Å²) < 4.78 is 11.0. The second-order valence-corrected chi connectivity index (χ2v) is 5.49. The zero-order valence-corrected chi connectivity index (χ0v) is 11.4. The van der Waals surface area contributed by atoms with Gasteiger partial charge in [-0.1, -0.05) is 0 Å². The molecule has 5 nitrogen and oxygen atoms in total. The first-order chi connectivity index (χ1) is 8.57. The maximum Gasteiger partial charge on any atom is 0.308 e. The van der Waals surface area contributed by atoms with Gasteiger partial charge in [-0.25, -0.2) is 4.98 Å². The Morgan fingerprint density at radius 2 is 2.22 bits per heavy atom. The van der Waals surface area contributed by atoms with Crippen LogP contribution in [0, 0.1) is 6.92 Å². The third kappa shape index (κ3) is 2.55. The average Bonchev–Trinajstić information content (AvgIpc) is 2.71. The van der Waals surface area contributed by atoms with E-state index in [1.165, 1.54) is 11.3 Å². The van der Waals surface area contributed by atoms with E-state index in [4.69, 9.17) is 14.6 Å². The maximum atomic E-state index is 10.8. The van der Waals surface area contributed by atoms with Crippen LogP contribution in [0.3, 0.4) is 0 Å². The SMILES string of the molecule is COC1(c2nc(C)c(CC(=O)O)s2)CCOCC1. The Kier molecular flexibility index (Phi) is 3.99. The van der Waals surface area contributed by atoms with Crippen LogP contribution in [-0.2, 0) is 26.3 Å². The van der Waals surface area contributed by atoms with Crippen LogP contribution < -0.4 is 0 Å². The summed E-state index contributed by atoms with van der Waals surface area (Å²) in [6.07, 6.45) is 1.56. The van der Waals surface area contributed by atoms with Crippen molar-refractivity contribution in [3.63, 3.8) is 0 Å². The van der Waals surface area contributed by atoms with E-state index in [1.807, 2.05) is 6.92 Å². The number of aryl methyl sites for hydroxylation is 1. The van der Waals surface area contributed by atoms with Crippen molar-refractivity contribution in [3.05, 3.63) is 15.6 Å². The number of carboxylic acids is 1. The van der Waals surface area contributed by atoms with Crippen LogP contribution >= 0.6 is 11.3 Å². The Hall–Kier alpha value is -0.980. The molecular weight excluding hydrogens is 254 g/mol. The van der Waals surface area contributed by atoms with Crippen LogP contribution in [0.2, 0.25) is 0 Å². The predicted molar refractivity (Wildman–Crippen MR) is 66.9 cm³/mol. The number of thiazole rings is 1. The Labute approximate surface area is 110 Å². The van der Waals surface area contributed by atoms with Gasteiger partial charge in [-0.15, -0.1) is 11.3 Å². The first-order valence-corrected chi connectivity index (χ1v) is 6.70. The monoisotopic (exact) mass is 271 g/mol. The zero-order chi connectivity index (χ0) is 13.2. The van der Waals surface area contributed by atoms with Gasteiger partial charge in [-0.05, 0) is 6.92 Å². The number of hydrogen-bond donors (Lipinski definition) is 1. The minimum Gasteiger partial charge on any atom is -0.481 e. The molecule has 100 valence electrons. The first kappa shape index (κ1) is 13.5. The van der Waals surface area contributed by atoms with Crippen LogP contribution in [0.25, 0.3) is 0 Å². The number of aromatic nitrogens is 1. The molecule has 0 radical (unpaired) electrons. The third-order valence-corrected chi connectivity index (χ3v) is 4.63. The molecule has 18 heavy (non-hydrogen) atoms. The number of nitrogens with zero attached hydrogens (tertiary/aromatic N) is 1. The van der Waals surface area contributed by atoms with Crippen LogP contribution in [-0.4, -0.2) is 36.4 Å². The van der Waals surface area contributed by atoms with Gasteiger partial charge in [0.15, 0.2) is 0 Å². The van der Waals surface area contributed by atoms with E-state index in [2.05, 4.69) is 4.98 Å². The van der Waals surface area contributed by atoms with Crippen LogP contribution in [0.15, 0.2) is 0 Å². The summed E-state index contributed by atoms with van der Waals surface area (Å²) in [6, 6.07) is 0. The highest BCUT2D eigenvalue weighted by Crippen LogP contribution is 2.38. The normalized spacial score (nSPS) is 18.8.